The molecule has 0 amide bonds. The predicted molar refractivity (Wildman–Crippen MR) is 166 cm³/mol. The fourth-order valence-electron chi connectivity index (χ4n) is 4.29. The molecule has 2 heterocycles. The van der Waals surface area contributed by atoms with Crippen molar-refractivity contribution in [1.82, 2.24) is 9.66 Å². The lowest BCUT2D eigenvalue weighted by atomic mass is 10.2. The molecule has 0 saturated carbocycles. The van der Waals surface area contributed by atoms with Gasteiger partial charge in [0.05, 0.1) is 47.8 Å². The van der Waals surface area contributed by atoms with Gasteiger partial charge in [-0.15, -0.1) is 0 Å². The van der Waals surface area contributed by atoms with E-state index in [4.69, 9.17) is 28.3 Å². The van der Waals surface area contributed by atoms with Crippen LogP contribution in [0.5, 0.6) is 17.2 Å². The number of nitrogens with zero attached hydrogens (tertiary/aromatic N) is 3. The van der Waals surface area contributed by atoms with Gasteiger partial charge in [0.1, 0.15) is 11.3 Å². The van der Waals surface area contributed by atoms with E-state index in [9.17, 15) is 9.59 Å². The van der Waals surface area contributed by atoms with Crippen LogP contribution in [0.2, 0.25) is 0 Å². The van der Waals surface area contributed by atoms with E-state index in [1.807, 2.05) is 31.2 Å². The van der Waals surface area contributed by atoms with E-state index in [2.05, 4.69) is 37.0 Å². The van der Waals surface area contributed by atoms with Gasteiger partial charge < -0.3 is 23.4 Å². The Hall–Kier alpha value is -4.16. The molecule has 5 aromatic rings. The van der Waals surface area contributed by atoms with Crippen molar-refractivity contribution in [3.05, 3.63) is 79.5 Å². The number of esters is 1. The summed E-state index contributed by atoms with van der Waals surface area (Å²) in [4.78, 5) is 30.4. The number of fused-ring (bicyclic) bond motifs is 2. The van der Waals surface area contributed by atoms with Crippen LogP contribution in [-0.2, 0) is 9.53 Å². The van der Waals surface area contributed by atoms with Crippen molar-refractivity contribution in [2.45, 2.75) is 20.0 Å². The summed E-state index contributed by atoms with van der Waals surface area (Å²) in [5.41, 5.74) is 1.25. The fourth-order valence-corrected chi connectivity index (χ4v) is 5.21. The summed E-state index contributed by atoms with van der Waals surface area (Å²) in [6.45, 7) is 3.74. The van der Waals surface area contributed by atoms with E-state index in [0.717, 1.165) is 5.39 Å². The molecule has 0 N–H and O–H groups in total. The van der Waals surface area contributed by atoms with Gasteiger partial charge in [0.2, 0.25) is 5.82 Å². The summed E-state index contributed by atoms with van der Waals surface area (Å²) >= 11 is 7.11. The minimum atomic E-state index is -0.885. The number of aromatic nitrogens is 2. The number of carbonyl (C=O) groups excluding carboxylic acids is 1. The van der Waals surface area contributed by atoms with E-state index >= 15 is 0 Å². The van der Waals surface area contributed by atoms with Crippen molar-refractivity contribution >= 4 is 65.9 Å². The Labute approximate surface area is 257 Å². The maximum absolute atomic E-state index is 13.7. The van der Waals surface area contributed by atoms with E-state index in [1.165, 1.54) is 18.0 Å². The van der Waals surface area contributed by atoms with E-state index in [0.29, 0.717) is 60.6 Å². The van der Waals surface area contributed by atoms with Crippen molar-refractivity contribution in [2.75, 3.05) is 20.8 Å². The third-order valence-corrected chi connectivity index (χ3v) is 8.45. The molecule has 0 aliphatic heterocycles. The zero-order valence-electron chi connectivity index (χ0n) is 23.0. The number of benzene rings is 3. The first kappa shape index (κ1) is 29.3. The normalized spacial score (nSPS) is 12.1. The highest BCUT2D eigenvalue weighted by Crippen LogP contribution is 2.43. The summed E-state index contributed by atoms with van der Waals surface area (Å²) in [7, 11) is 2.87. The van der Waals surface area contributed by atoms with E-state index in [-0.39, 0.29) is 11.4 Å². The zero-order valence-corrected chi connectivity index (χ0v) is 26.2. The number of furan rings is 1. The van der Waals surface area contributed by atoms with Gasteiger partial charge >= 0.3 is 5.97 Å². The average molecular weight is 699 g/mol. The molecule has 1 atom stereocenters. The van der Waals surface area contributed by atoms with Gasteiger partial charge in [-0.25, -0.2) is 9.78 Å². The number of rotatable bonds is 9. The molecule has 12 heteroatoms. The molecule has 42 heavy (non-hydrogen) atoms. The molecule has 3 aromatic carbocycles. The second-order valence-electron chi connectivity index (χ2n) is 8.93. The largest absolute Gasteiger partial charge is 0.496 e. The average Bonchev–Trinajstić information content (AvgIpc) is 3.45. The van der Waals surface area contributed by atoms with Gasteiger partial charge in [-0.05, 0) is 82.1 Å². The molecule has 0 aliphatic carbocycles. The number of hydrogen-bond donors (Lipinski definition) is 0. The summed E-state index contributed by atoms with van der Waals surface area (Å²) in [5, 5.41) is 5.68. The maximum Gasteiger partial charge on any atom is 0.346 e. The first-order valence-electron chi connectivity index (χ1n) is 12.8. The third-order valence-electron chi connectivity index (χ3n) is 6.31. The molecule has 0 bridgehead atoms. The van der Waals surface area contributed by atoms with Crippen LogP contribution in [0.3, 0.4) is 0 Å². The van der Waals surface area contributed by atoms with Crippen molar-refractivity contribution in [2.24, 2.45) is 5.10 Å². The number of para-hydroxylation sites is 1. The lowest BCUT2D eigenvalue weighted by Crippen LogP contribution is -2.25. The number of hydrogen-bond acceptors (Lipinski definition) is 9. The number of carbonyl (C=O) groups is 1. The topological polar surface area (TPSA) is 114 Å². The first-order chi connectivity index (χ1) is 20.3. The number of ether oxygens (including phenoxy) is 4. The summed E-state index contributed by atoms with van der Waals surface area (Å²) in [6, 6.07) is 15.9. The van der Waals surface area contributed by atoms with Crippen LogP contribution in [0.15, 0.2) is 77.9 Å². The Morgan fingerprint density at radius 2 is 1.86 bits per heavy atom. The molecule has 10 nitrogen and oxygen atoms in total. The molecule has 0 unspecified atom stereocenters. The Balaban J connectivity index is 1.66. The first-order valence-corrected chi connectivity index (χ1v) is 14.4. The predicted octanol–water partition coefficient (Wildman–Crippen LogP) is 6.56. The van der Waals surface area contributed by atoms with Gasteiger partial charge in [-0.2, -0.15) is 9.78 Å². The monoisotopic (exact) mass is 697 g/mol. The van der Waals surface area contributed by atoms with Crippen molar-refractivity contribution in [1.29, 1.82) is 0 Å². The zero-order chi connectivity index (χ0) is 30.0. The lowest BCUT2D eigenvalue weighted by Gasteiger charge is -2.19. The Bertz CT molecular complexity index is 1900. The molecule has 0 aliphatic rings. The summed E-state index contributed by atoms with van der Waals surface area (Å²) < 4.78 is 30.3. The molecule has 0 fully saturated rings. The molecular weight excluding hydrogens is 674 g/mol. The quantitative estimate of drug-likeness (QED) is 0.126. The summed E-state index contributed by atoms with van der Waals surface area (Å²) in [5.74, 6) is 1.30. The van der Waals surface area contributed by atoms with E-state index < -0.39 is 12.1 Å². The van der Waals surface area contributed by atoms with Crippen LogP contribution >= 0.6 is 31.9 Å². The van der Waals surface area contributed by atoms with Crippen LogP contribution in [0.25, 0.3) is 33.5 Å². The molecule has 2 aromatic heterocycles. The molecule has 0 radical (unpaired) electrons. The number of halogens is 2. The highest BCUT2D eigenvalue weighted by atomic mass is 79.9. The highest BCUT2D eigenvalue weighted by Gasteiger charge is 2.23. The minimum Gasteiger partial charge on any atom is -0.496 e. The Morgan fingerprint density at radius 1 is 1.07 bits per heavy atom. The van der Waals surface area contributed by atoms with Crippen LogP contribution < -0.4 is 19.8 Å². The highest BCUT2D eigenvalue weighted by molar-refractivity contribution is 9.13. The Morgan fingerprint density at radius 3 is 2.60 bits per heavy atom. The maximum atomic E-state index is 13.7. The van der Waals surface area contributed by atoms with Crippen molar-refractivity contribution in [3.63, 3.8) is 0 Å². The standard InChI is InChI=1S/C30H25Br2N3O7/c1-5-40-23-13-17(25(31)26(32)27(23)41-16(2)30(37)39-4)15-33-35-28(34-20-10-7-6-9-18(20)29(35)36)24-14-19-21(38-3)11-8-12-22(19)42-24/h6-16H,5H2,1-4H3/t16-/m0/s1. The number of methoxy groups -OCH3 is 2. The lowest BCUT2D eigenvalue weighted by molar-refractivity contribution is -0.148. The molecule has 5 rings (SSSR count). The van der Waals surface area contributed by atoms with Gasteiger partial charge in [0.25, 0.3) is 5.56 Å². The molecule has 0 saturated heterocycles. The smallest absolute Gasteiger partial charge is 0.346 e. The van der Waals surface area contributed by atoms with Gasteiger partial charge in [0.15, 0.2) is 23.4 Å². The second-order valence-corrected chi connectivity index (χ2v) is 10.5. The van der Waals surface area contributed by atoms with Crippen molar-refractivity contribution < 1.29 is 28.2 Å². The second kappa shape index (κ2) is 12.4. The minimum absolute atomic E-state index is 0.209. The molecular formula is C30H25Br2N3O7. The van der Waals surface area contributed by atoms with E-state index in [1.54, 1.807) is 44.4 Å². The molecule has 216 valence electrons. The van der Waals surface area contributed by atoms with Crippen molar-refractivity contribution in [3.8, 4) is 28.8 Å². The van der Waals surface area contributed by atoms with Crippen LogP contribution in [0, 0.1) is 0 Å². The Kier molecular flexibility index (Phi) is 8.64. The van der Waals surface area contributed by atoms with Crippen LogP contribution in [-0.4, -0.2) is 48.8 Å². The van der Waals surface area contributed by atoms with Gasteiger partial charge in [-0.1, -0.05) is 18.2 Å². The van der Waals surface area contributed by atoms with Gasteiger partial charge in [-0.3, -0.25) is 4.79 Å². The van der Waals surface area contributed by atoms with Crippen LogP contribution in [0.4, 0.5) is 0 Å². The third kappa shape index (κ3) is 5.51. The SMILES string of the molecule is CCOc1cc(C=Nn2c(-c3cc4c(OC)cccc4o3)nc3ccccc3c2=O)c(Br)c(Br)c1O[C@@H](C)C(=O)OC. The molecule has 0 spiro atoms. The van der Waals surface area contributed by atoms with Crippen LogP contribution in [0.1, 0.15) is 19.4 Å². The fraction of sp³-hybridized carbons (Fsp3) is 0.200. The summed E-state index contributed by atoms with van der Waals surface area (Å²) in [6.07, 6.45) is 0.610. The van der Waals surface area contributed by atoms with Gasteiger partial charge in [0, 0.05) is 10.0 Å².